The molecule has 0 atom stereocenters. The molecule has 0 aliphatic heterocycles. The molecule has 3 rings (SSSR count). The molecule has 6 nitrogen and oxygen atoms in total. The first kappa shape index (κ1) is 17.9. The van der Waals surface area contributed by atoms with Crippen molar-refractivity contribution in [1.82, 2.24) is 4.98 Å². The van der Waals surface area contributed by atoms with Crippen molar-refractivity contribution in [3.05, 3.63) is 59.2 Å². The second kappa shape index (κ2) is 7.15. The van der Waals surface area contributed by atoms with Crippen LogP contribution in [0.2, 0.25) is 0 Å². The summed E-state index contributed by atoms with van der Waals surface area (Å²) in [7, 11) is -2.36. The molecule has 3 aromatic rings. The standard InChI is InChI=1S/C18H15N3O3S2/c1-12-3-4-13(18-6-5-15(9-19)25-18)7-17(12)21-26(22,23)16-8-14(24-2)10-20-11-16/h3-8,10-11,21H,1-2H3. The number of hydrogen-bond acceptors (Lipinski definition) is 6. The summed E-state index contributed by atoms with van der Waals surface area (Å²) in [6.07, 6.45) is 2.71. The average Bonchev–Trinajstić information content (AvgIpc) is 3.12. The van der Waals surface area contributed by atoms with Gasteiger partial charge in [0.15, 0.2) is 0 Å². The summed E-state index contributed by atoms with van der Waals surface area (Å²) < 4.78 is 33.0. The van der Waals surface area contributed by atoms with Gasteiger partial charge in [0.25, 0.3) is 10.0 Å². The van der Waals surface area contributed by atoms with Crippen LogP contribution in [0.3, 0.4) is 0 Å². The molecule has 26 heavy (non-hydrogen) atoms. The van der Waals surface area contributed by atoms with E-state index in [1.165, 1.54) is 36.9 Å². The molecule has 8 heteroatoms. The van der Waals surface area contributed by atoms with Crippen molar-refractivity contribution in [3.63, 3.8) is 0 Å². The van der Waals surface area contributed by atoms with Crippen LogP contribution in [0.5, 0.6) is 5.75 Å². The lowest BCUT2D eigenvalue weighted by Gasteiger charge is -2.12. The fourth-order valence-electron chi connectivity index (χ4n) is 2.30. The quantitative estimate of drug-likeness (QED) is 0.721. The Balaban J connectivity index is 1.96. The SMILES string of the molecule is COc1cncc(S(=O)(=O)Nc2cc(-c3ccc(C#N)s3)ccc2C)c1. The molecule has 2 heterocycles. The monoisotopic (exact) mass is 385 g/mol. The Morgan fingerprint density at radius 2 is 2.00 bits per heavy atom. The minimum absolute atomic E-state index is 0.0181. The van der Waals surface area contributed by atoms with E-state index in [-0.39, 0.29) is 4.90 Å². The maximum absolute atomic E-state index is 12.7. The van der Waals surface area contributed by atoms with Gasteiger partial charge in [-0.3, -0.25) is 9.71 Å². The Hall–Kier alpha value is -2.89. The van der Waals surface area contributed by atoms with E-state index in [2.05, 4.69) is 15.8 Å². The summed E-state index contributed by atoms with van der Waals surface area (Å²) in [4.78, 5) is 5.40. The third kappa shape index (κ3) is 3.69. The second-order valence-corrected chi connectivity index (χ2v) is 8.24. The largest absolute Gasteiger partial charge is 0.495 e. The van der Waals surface area contributed by atoms with E-state index in [1.807, 2.05) is 25.1 Å². The number of aromatic nitrogens is 1. The van der Waals surface area contributed by atoms with E-state index in [4.69, 9.17) is 10.00 Å². The molecule has 2 aromatic heterocycles. The lowest BCUT2D eigenvalue weighted by molar-refractivity contribution is 0.411. The maximum Gasteiger partial charge on any atom is 0.263 e. The predicted molar refractivity (Wildman–Crippen MR) is 101 cm³/mol. The number of nitriles is 1. The fraction of sp³-hybridized carbons (Fsp3) is 0.111. The molecule has 0 aliphatic rings. The highest BCUT2D eigenvalue weighted by Gasteiger charge is 2.17. The topological polar surface area (TPSA) is 92.1 Å². The molecule has 132 valence electrons. The number of nitrogens with zero attached hydrogens (tertiary/aromatic N) is 2. The smallest absolute Gasteiger partial charge is 0.263 e. The number of methoxy groups -OCH3 is 1. The van der Waals surface area contributed by atoms with Crippen molar-refractivity contribution in [3.8, 4) is 22.3 Å². The van der Waals surface area contributed by atoms with Gasteiger partial charge in [0, 0.05) is 17.1 Å². The molecule has 0 radical (unpaired) electrons. The Morgan fingerprint density at radius 1 is 1.19 bits per heavy atom. The van der Waals surface area contributed by atoms with Gasteiger partial charge in [0.2, 0.25) is 0 Å². The molecule has 0 aliphatic carbocycles. The van der Waals surface area contributed by atoms with Crippen molar-refractivity contribution in [1.29, 1.82) is 5.26 Å². The number of hydrogen-bond donors (Lipinski definition) is 1. The number of thiophene rings is 1. The van der Waals surface area contributed by atoms with E-state index in [0.717, 1.165) is 16.0 Å². The molecular weight excluding hydrogens is 370 g/mol. The Bertz CT molecular complexity index is 1100. The van der Waals surface area contributed by atoms with Gasteiger partial charge in [-0.05, 0) is 36.2 Å². The van der Waals surface area contributed by atoms with Gasteiger partial charge in [0.05, 0.1) is 19.0 Å². The highest BCUT2D eigenvalue weighted by Crippen LogP contribution is 2.31. The number of aryl methyl sites for hydroxylation is 1. The highest BCUT2D eigenvalue weighted by molar-refractivity contribution is 7.92. The number of ether oxygens (including phenoxy) is 1. The number of benzene rings is 1. The summed E-state index contributed by atoms with van der Waals surface area (Å²) in [5.74, 6) is 0.362. The third-order valence-electron chi connectivity index (χ3n) is 3.72. The fourth-order valence-corrected chi connectivity index (χ4v) is 4.20. The van der Waals surface area contributed by atoms with Gasteiger partial charge < -0.3 is 4.74 Å². The number of rotatable bonds is 5. The van der Waals surface area contributed by atoms with E-state index in [9.17, 15) is 8.42 Å². The van der Waals surface area contributed by atoms with Crippen molar-refractivity contribution >= 4 is 27.0 Å². The number of pyridine rings is 1. The second-order valence-electron chi connectivity index (χ2n) is 5.47. The van der Waals surface area contributed by atoms with Crippen molar-refractivity contribution < 1.29 is 13.2 Å². The van der Waals surface area contributed by atoms with Gasteiger partial charge in [-0.25, -0.2) is 8.42 Å². The zero-order chi connectivity index (χ0) is 18.7. The Labute approximate surface area is 155 Å². The summed E-state index contributed by atoms with van der Waals surface area (Å²) >= 11 is 1.35. The van der Waals surface area contributed by atoms with Gasteiger partial charge >= 0.3 is 0 Å². The predicted octanol–water partition coefficient (Wildman–Crippen LogP) is 3.80. The maximum atomic E-state index is 12.7. The minimum atomic E-state index is -3.81. The number of nitrogens with one attached hydrogen (secondary N) is 1. The molecule has 0 fully saturated rings. The van der Waals surface area contributed by atoms with E-state index < -0.39 is 10.0 Å². The van der Waals surface area contributed by atoms with Crippen LogP contribution in [0, 0.1) is 18.3 Å². The van der Waals surface area contributed by atoms with Crippen LogP contribution in [0.25, 0.3) is 10.4 Å². The van der Waals surface area contributed by atoms with Crippen LogP contribution < -0.4 is 9.46 Å². The number of anilines is 1. The summed E-state index contributed by atoms with van der Waals surface area (Å²) in [6, 6.07) is 12.6. The van der Waals surface area contributed by atoms with Crippen LogP contribution in [0.1, 0.15) is 10.4 Å². The average molecular weight is 385 g/mol. The van der Waals surface area contributed by atoms with Crippen molar-refractivity contribution in [2.45, 2.75) is 11.8 Å². The minimum Gasteiger partial charge on any atom is -0.495 e. The summed E-state index contributed by atoms with van der Waals surface area (Å²) in [5, 5.41) is 8.97. The first-order valence-electron chi connectivity index (χ1n) is 7.56. The first-order valence-corrected chi connectivity index (χ1v) is 9.86. The Kier molecular flexibility index (Phi) is 4.93. The molecule has 0 spiro atoms. The van der Waals surface area contributed by atoms with Gasteiger partial charge in [0.1, 0.15) is 21.6 Å². The van der Waals surface area contributed by atoms with Gasteiger partial charge in [-0.2, -0.15) is 5.26 Å². The van der Waals surface area contributed by atoms with Crippen LogP contribution in [0.15, 0.2) is 53.7 Å². The van der Waals surface area contributed by atoms with Crippen molar-refractivity contribution in [2.24, 2.45) is 0 Å². The van der Waals surface area contributed by atoms with Gasteiger partial charge in [-0.1, -0.05) is 12.1 Å². The first-order chi connectivity index (χ1) is 12.4. The molecular formula is C18H15N3O3S2. The molecule has 0 amide bonds. The van der Waals surface area contributed by atoms with Crippen LogP contribution >= 0.6 is 11.3 Å². The Morgan fingerprint density at radius 3 is 2.69 bits per heavy atom. The van der Waals surface area contributed by atoms with Crippen LogP contribution in [-0.4, -0.2) is 20.5 Å². The van der Waals surface area contributed by atoms with E-state index in [0.29, 0.717) is 16.3 Å². The van der Waals surface area contributed by atoms with Crippen molar-refractivity contribution in [2.75, 3.05) is 11.8 Å². The normalized spacial score (nSPS) is 11.0. The lowest BCUT2D eigenvalue weighted by Crippen LogP contribution is -2.14. The highest BCUT2D eigenvalue weighted by atomic mass is 32.2. The van der Waals surface area contributed by atoms with Crippen LogP contribution in [0.4, 0.5) is 5.69 Å². The molecule has 0 saturated carbocycles. The molecule has 0 bridgehead atoms. The van der Waals surface area contributed by atoms with E-state index >= 15 is 0 Å². The summed E-state index contributed by atoms with van der Waals surface area (Å²) in [6.45, 7) is 1.82. The zero-order valence-corrected chi connectivity index (χ0v) is 15.7. The number of sulfonamides is 1. The third-order valence-corrected chi connectivity index (χ3v) is 6.09. The zero-order valence-electron chi connectivity index (χ0n) is 14.1. The summed E-state index contributed by atoms with van der Waals surface area (Å²) in [5.41, 5.74) is 2.09. The van der Waals surface area contributed by atoms with Crippen LogP contribution in [-0.2, 0) is 10.0 Å². The lowest BCUT2D eigenvalue weighted by atomic mass is 10.1. The van der Waals surface area contributed by atoms with Gasteiger partial charge in [-0.15, -0.1) is 11.3 Å². The van der Waals surface area contributed by atoms with E-state index in [1.54, 1.807) is 12.1 Å². The molecule has 1 aromatic carbocycles. The molecule has 0 unspecified atom stereocenters. The molecule has 0 saturated heterocycles. The molecule has 1 N–H and O–H groups in total.